The molecular formula is C13H22ClN3S. The van der Waals surface area contributed by atoms with Crippen molar-refractivity contribution in [3.63, 3.8) is 0 Å². The van der Waals surface area contributed by atoms with Crippen LogP contribution in [0.1, 0.15) is 31.6 Å². The van der Waals surface area contributed by atoms with E-state index in [1.165, 1.54) is 37.4 Å². The van der Waals surface area contributed by atoms with Gasteiger partial charge in [-0.2, -0.15) is 0 Å². The summed E-state index contributed by atoms with van der Waals surface area (Å²) in [5.74, 6) is 0.831. The van der Waals surface area contributed by atoms with Crippen LogP contribution in [0.15, 0.2) is 6.20 Å². The van der Waals surface area contributed by atoms with Gasteiger partial charge < -0.3 is 5.32 Å². The van der Waals surface area contributed by atoms with Gasteiger partial charge in [0, 0.05) is 30.2 Å². The Morgan fingerprint density at radius 3 is 2.78 bits per heavy atom. The van der Waals surface area contributed by atoms with Gasteiger partial charge >= 0.3 is 0 Å². The topological polar surface area (TPSA) is 28.2 Å². The van der Waals surface area contributed by atoms with Crippen LogP contribution in [-0.4, -0.2) is 35.6 Å². The first-order valence-electron chi connectivity index (χ1n) is 6.70. The number of halogens is 1. The number of rotatable bonds is 5. The van der Waals surface area contributed by atoms with Gasteiger partial charge in [0.05, 0.1) is 0 Å². The van der Waals surface area contributed by atoms with Crippen LogP contribution < -0.4 is 5.32 Å². The van der Waals surface area contributed by atoms with Crippen LogP contribution >= 0.6 is 22.9 Å². The fourth-order valence-electron chi connectivity index (χ4n) is 2.41. The Bertz CT molecular complexity index is 361. The van der Waals surface area contributed by atoms with Crippen molar-refractivity contribution in [2.45, 2.75) is 39.3 Å². The predicted molar refractivity (Wildman–Crippen MR) is 78.3 cm³/mol. The van der Waals surface area contributed by atoms with Gasteiger partial charge in [-0.05, 0) is 45.7 Å². The molecule has 1 aromatic heterocycles. The highest BCUT2D eigenvalue weighted by molar-refractivity contribution is 7.15. The van der Waals surface area contributed by atoms with Crippen LogP contribution in [0.4, 0.5) is 0 Å². The van der Waals surface area contributed by atoms with Crippen LogP contribution in [0, 0.1) is 5.92 Å². The molecule has 102 valence electrons. The molecule has 3 nitrogen and oxygen atoms in total. The molecule has 0 atom stereocenters. The average molecular weight is 288 g/mol. The Labute approximate surface area is 119 Å². The lowest BCUT2D eigenvalue weighted by atomic mass is 9.97. The second kappa shape index (κ2) is 6.85. The van der Waals surface area contributed by atoms with Crippen molar-refractivity contribution in [1.82, 2.24) is 15.2 Å². The maximum atomic E-state index is 5.90. The molecule has 0 unspecified atom stereocenters. The minimum Gasteiger partial charge on any atom is -0.317 e. The van der Waals surface area contributed by atoms with Crippen molar-refractivity contribution < 1.29 is 0 Å². The lowest BCUT2D eigenvalue weighted by Gasteiger charge is -2.32. The Morgan fingerprint density at radius 1 is 1.50 bits per heavy atom. The molecule has 5 heteroatoms. The summed E-state index contributed by atoms with van der Waals surface area (Å²) in [5, 5.41) is 3.43. The lowest BCUT2D eigenvalue weighted by molar-refractivity contribution is 0.163. The first-order chi connectivity index (χ1) is 8.65. The minimum atomic E-state index is 0.570. The quantitative estimate of drug-likeness (QED) is 0.902. The number of thiazole rings is 1. The zero-order valence-electron chi connectivity index (χ0n) is 11.2. The Kier molecular flexibility index (Phi) is 5.42. The summed E-state index contributed by atoms with van der Waals surface area (Å²) in [6.45, 7) is 9.04. The van der Waals surface area contributed by atoms with E-state index >= 15 is 0 Å². The number of piperidine rings is 1. The van der Waals surface area contributed by atoms with E-state index < -0.39 is 0 Å². The van der Waals surface area contributed by atoms with Crippen molar-refractivity contribution in [2.24, 2.45) is 5.92 Å². The van der Waals surface area contributed by atoms with Gasteiger partial charge in [-0.25, -0.2) is 4.98 Å². The minimum absolute atomic E-state index is 0.570. The van der Waals surface area contributed by atoms with Gasteiger partial charge in [-0.3, -0.25) is 4.90 Å². The van der Waals surface area contributed by atoms with E-state index in [2.05, 4.69) is 29.0 Å². The van der Waals surface area contributed by atoms with E-state index in [0.29, 0.717) is 10.5 Å². The third-order valence-electron chi connectivity index (χ3n) is 3.57. The summed E-state index contributed by atoms with van der Waals surface area (Å²) in [4.78, 5) is 7.93. The molecule has 1 aliphatic rings. The second-order valence-electron chi connectivity index (χ2n) is 5.30. The summed E-state index contributed by atoms with van der Waals surface area (Å²) in [6, 6.07) is 0.570. The molecule has 2 rings (SSSR count). The largest absolute Gasteiger partial charge is 0.317 e. The van der Waals surface area contributed by atoms with E-state index in [-0.39, 0.29) is 0 Å². The van der Waals surface area contributed by atoms with Gasteiger partial charge in [0.1, 0.15) is 0 Å². The van der Waals surface area contributed by atoms with Gasteiger partial charge in [0.2, 0.25) is 0 Å². The first-order valence-corrected chi connectivity index (χ1v) is 7.89. The number of hydrogen-bond donors (Lipinski definition) is 1. The summed E-state index contributed by atoms with van der Waals surface area (Å²) >= 11 is 7.49. The summed E-state index contributed by atoms with van der Waals surface area (Å²) in [7, 11) is 0. The molecule has 18 heavy (non-hydrogen) atoms. The number of hydrogen-bond acceptors (Lipinski definition) is 4. The van der Waals surface area contributed by atoms with Crippen molar-refractivity contribution in [2.75, 3.05) is 19.6 Å². The molecule has 1 N–H and O–H groups in total. The molecule has 0 aromatic carbocycles. The molecule has 0 radical (unpaired) electrons. The zero-order valence-corrected chi connectivity index (χ0v) is 12.7. The van der Waals surface area contributed by atoms with Gasteiger partial charge in [0.15, 0.2) is 4.47 Å². The molecule has 0 spiro atoms. The predicted octanol–water partition coefficient (Wildman–Crippen LogP) is 3.01. The SMILES string of the molecule is CC(C)N(Cc1cnc(Cl)s1)CC1CCNCC1. The van der Waals surface area contributed by atoms with Gasteiger partial charge in [0.25, 0.3) is 0 Å². The van der Waals surface area contributed by atoms with Crippen molar-refractivity contribution in [3.8, 4) is 0 Å². The molecule has 1 aliphatic heterocycles. The van der Waals surface area contributed by atoms with E-state index in [0.717, 1.165) is 12.5 Å². The second-order valence-corrected chi connectivity index (χ2v) is 6.99. The third-order valence-corrected chi connectivity index (χ3v) is 4.67. The maximum Gasteiger partial charge on any atom is 0.183 e. The molecule has 1 saturated heterocycles. The van der Waals surface area contributed by atoms with Gasteiger partial charge in [-0.1, -0.05) is 11.6 Å². The highest BCUT2D eigenvalue weighted by Crippen LogP contribution is 2.22. The lowest BCUT2D eigenvalue weighted by Crippen LogP contribution is -2.38. The fourth-order valence-corrected chi connectivity index (χ4v) is 3.41. The molecular weight excluding hydrogens is 266 g/mol. The van der Waals surface area contributed by atoms with Crippen LogP contribution in [0.3, 0.4) is 0 Å². The smallest absolute Gasteiger partial charge is 0.183 e. The molecule has 1 fully saturated rings. The zero-order chi connectivity index (χ0) is 13.0. The number of nitrogens with zero attached hydrogens (tertiary/aromatic N) is 2. The molecule has 0 saturated carbocycles. The first kappa shape index (κ1) is 14.3. The Morgan fingerprint density at radius 2 is 2.22 bits per heavy atom. The van der Waals surface area contributed by atoms with Crippen LogP contribution in [-0.2, 0) is 6.54 Å². The van der Waals surface area contributed by atoms with Crippen LogP contribution in [0.2, 0.25) is 4.47 Å². The van der Waals surface area contributed by atoms with E-state index in [1.54, 1.807) is 11.3 Å². The summed E-state index contributed by atoms with van der Waals surface area (Å²) < 4.78 is 0.649. The normalized spacial score (nSPS) is 17.8. The van der Waals surface area contributed by atoms with Crippen LogP contribution in [0.5, 0.6) is 0 Å². The third kappa shape index (κ3) is 4.19. The average Bonchev–Trinajstić information content (AvgIpc) is 2.75. The number of nitrogens with one attached hydrogen (secondary N) is 1. The Hall–Kier alpha value is -0.160. The van der Waals surface area contributed by atoms with E-state index in [4.69, 9.17) is 11.6 Å². The molecule has 0 amide bonds. The standard InChI is InChI=1S/C13H22ClN3S/c1-10(2)17(8-11-3-5-15-6-4-11)9-12-7-16-13(14)18-12/h7,10-11,15H,3-6,8-9H2,1-2H3. The maximum absolute atomic E-state index is 5.90. The van der Waals surface area contributed by atoms with Crippen molar-refractivity contribution in [3.05, 3.63) is 15.5 Å². The molecule has 1 aromatic rings. The van der Waals surface area contributed by atoms with E-state index in [9.17, 15) is 0 Å². The van der Waals surface area contributed by atoms with Crippen molar-refractivity contribution >= 4 is 22.9 Å². The monoisotopic (exact) mass is 287 g/mol. The summed E-state index contributed by atoms with van der Waals surface area (Å²) in [6.07, 6.45) is 4.50. The highest BCUT2D eigenvalue weighted by Gasteiger charge is 2.19. The van der Waals surface area contributed by atoms with Gasteiger partial charge in [-0.15, -0.1) is 11.3 Å². The fraction of sp³-hybridized carbons (Fsp3) is 0.769. The van der Waals surface area contributed by atoms with Crippen LogP contribution in [0.25, 0.3) is 0 Å². The highest BCUT2D eigenvalue weighted by atomic mass is 35.5. The van der Waals surface area contributed by atoms with Crippen molar-refractivity contribution in [1.29, 1.82) is 0 Å². The van der Waals surface area contributed by atoms with E-state index in [1.807, 2.05) is 6.20 Å². The molecule has 0 aliphatic carbocycles. The molecule has 2 heterocycles. The Balaban J connectivity index is 1.90. The molecule has 0 bridgehead atoms. The number of aromatic nitrogens is 1. The summed E-state index contributed by atoms with van der Waals surface area (Å²) in [5.41, 5.74) is 0.